The number of carbonyl (C=O) groups is 1. The van der Waals surface area contributed by atoms with E-state index in [1.165, 1.54) is 18.9 Å². The van der Waals surface area contributed by atoms with Crippen LogP contribution in [0.25, 0.3) is 16.8 Å². The first-order valence-electron chi connectivity index (χ1n) is 11.7. The Bertz CT molecular complexity index is 1420. The number of halogens is 2. The van der Waals surface area contributed by atoms with Crippen molar-refractivity contribution in [3.8, 4) is 16.9 Å². The molecule has 0 atom stereocenters. The zero-order valence-corrected chi connectivity index (χ0v) is 21.9. The molecule has 0 saturated heterocycles. The molecule has 3 aromatic rings. The van der Waals surface area contributed by atoms with Gasteiger partial charge in [0.15, 0.2) is 5.43 Å². The molecule has 0 bridgehead atoms. The van der Waals surface area contributed by atoms with Gasteiger partial charge in [-0.15, -0.1) is 11.8 Å². The Balaban J connectivity index is 0.000000266. The predicted molar refractivity (Wildman–Crippen MR) is 146 cm³/mol. The van der Waals surface area contributed by atoms with Crippen LogP contribution >= 0.6 is 11.8 Å². The van der Waals surface area contributed by atoms with Crippen LogP contribution < -0.4 is 21.6 Å². The van der Waals surface area contributed by atoms with E-state index in [0.29, 0.717) is 33.8 Å². The Morgan fingerprint density at radius 3 is 2.43 bits per heavy atom. The van der Waals surface area contributed by atoms with Gasteiger partial charge in [-0.2, -0.15) is 4.39 Å². The van der Waals surface area contributed by atoms with Gasteiger partial charge in [0, 0.05) is 34.5 Å². The molecule has 0 fully saturated rings. The Hall–Kier alpha value is -3.49. The molecular formula is C29H30F2N2O3S. The fourth-order valence-corrected chi connectivity index (χ4v) is 4.96. The molecule has 0 unspecified atom stereocenters. The summed E-state index contributed by atoms with van der Waals surface area (Å²) in [5, 5.41) is 0. The fraction of sp³-hybridized carbons (Fsp3) is 0.241. The summed E-state index contributed by atoms with van der Waals surface area (Å²) in [4.78, 5) is 24.4. The molecule has 0 aromatic heterocycles. The second-order valence-electron chi connectivity index (χ2n) is 8.60. The highest BCUT2D eigenvalue weighted by Crippen LogP contribution is 2.42. The van der Waals surface area contributed by atoms with Crippen molar-refractivity contribution in [1.82, 2.24) is 0 Å². The zero-order chi connectivity index (χ0) is 27.3. The smallest absolute Gasteiger partial charge is 0.332 e. The number of aryl methyl sites for hydroxylation is 2. The third-order valence-corrected chi connectivity index (χ3v) is 7.13. The van der Waals surface area contributed by atoms with E-state index >= 15 is 0 Å². The van der Waals surface area contributed by atoms with Crippen molar-refractivity contribution < 1.29 is 18.3 Å². The van der Waals surface area contributed by atoms with Crippen LogP contribution in [0.1, 0.15) is 44.6 Å². The lowest BCUT2D eigenvalue weighted by Gasteiger charge is -2.17. The molecule has 4 rings (SSSR count). The molecule has 4 N–H and O–H groups in total. The van der Waals surface area contributed by atoms with Gasteiger partial charge in [0.2, 0.25) is 0 Å². The van der Waals surface area contributed by atoms with Gasteiger partial charge in [-0.3, -0.25) is 9.59 Å². The molecule has 0 aliphatic heterocycles. The normalized spacial score (nSPS) is 11.8. The number of methoxy groups -OCH3 is 1. The Kier molecular flexibility index (Phi) is 9.23. The molecule has 37 heavy (non-hydrogen) atoms. The van der Waals surface area contributed by atoms with Crippen molar-refractivity contribution in [2.75, 3.05) is 13.4 Å². The minimum atomic E-state index is -1.45. The Labute approximate surface area is 219 Å². The molecule has 194 valence electrons. The van der Waals surface area contributed by atoms with Gasteiger partial charge in [0.05, 0.1) is 17.6 Å². The van der Waals surface area contributed by atoms with E-state index in [1.807, 2.05) is 18.4 Å². The third-order valence-electron chi connectivity index (χ3n) is 6.35. The number of fused-ring (bicyclic) bond motifs is 3. The first-order chi connectivity index (χ1) is 17.6. The van der Waals surface area contributed by atoms with E-state index < -0.39 is 6.04 Å². The van der Waals surface area contributed by atoms with Gasteiger partial charge >= 0.3 is 6.04 Å². The standard InChI is InChI=1S/C20H19FO3S.C9H11FN2/c1-11-15(20(21)23)9-13-6-4-5-12-10-16(22)17(25-3)8-7-14(12)18(13)19(11)24-2;1-6(12)8-4-2-3-7(5-11)9(8)10/h7-10H,4-6H2,1-3H3;2-4H,1,5,11-12H2. The topological polar surface area (TPSA) is 95.4 Å². The van der Waals surface area contributed by atoms with E-state index in [0.717, 1.165) is 35.1 Å². The number of ether oxygens (including phenoxy) is 1. The molecule has 1 aliphatic carbocycles. The van der Waals surface area contributed by atoms with Gasteiger partial charge < -0.3 is 16.2 Å². The summed E-state index contributed by atoms with van der Waals surface area (Å²) in [6.07, 6.45) is 4.15. The number of hydrogen-bond acceptors (Lipinski definition) is 6. The van der Waals surface area contributed by atoms with Gasteiger partial charge in [-0.1, -0.05) is 24.8 Å². The molecule has 0 saturated carbocycles. The van der Waals surface area contributed by atoms with Crippen LogP contribution in [0, 0.1) is 12.7 Å². The lowest BCUT2D eigenvalue weighted by Crippen LogP contribution is -2.04. The minimum absolute atomic E-state index is 0.00319. The molecule has 0 heterocycles. The Morgan fingerprint density at radius 1 is 1.14 bits per heavy atom. The minimum Gasteiger partial charge on any atom is -0.496 e. The molecule has 0 radical (unpaired) electrons. The van der Waals surface area contributed by atoms with Crippen molar-refractivity contribution >= 4 is 23.5 Å². The SMILES string of the molecule is C=C(N)c1cccc(CN)c1F.COc1c(C)c(C(=O)F)cc2c1-c1ccc(SC)c(=O)cc1CCC2. The monoisotopic (exact) mass is 524 g/mol. The van der Waals surface area contributed by atoms with Crippen molar-refractivity contribution in [2.24, 2.45) is 11.5 Å². The van der Waals surface area contributed by atoms with Crippen LogP contribution in [-0.4, -0.2) is 19.4 Å². The maximum Gasteiger partial charge on any atom is 0.332 e. The summed E-state index contributed by atoms with van der Waals surface area (Å²) in [5.74, 6) is 0.138. The summed E-state index contributed by atoms with van der Waals surface area (Å²) in [7, 11) is 1.52. The lowest BCUT2D eigenvalue weighted by atomic mass is 9.92. The van der Waals surface area contributed by atoms with Crippen LogP contribution in [0.5, 0.6) is 5.75 Å². The second kappa shape index (κ2) is 12.2. The van der Waals surface area contributed by atoms with Crippen molar-refractivity contribution in [3.05, 3.63) is 98.5 Å². The van der Waals surface area contributed by atoms with E-state index in [1.54, 1.807) is 37.3 Å². The highest BCUT2D eigenvalue weighted by atomic mass is 32.2. The first kappa shape index (κ1) is 28.1. The molecule has 0 spiro atoms. The highest BCUT2D eigenvalue weighted by molar-refractivity contribution is 7.98. The summed E-state index contributed by atoms with van der Waals surface area (Å²) < 4.78 is 32.3. The fourth-order valence-electron chi connectivity index (χ4n) is 4.49. The molecule has 8 heteroatoms. The maximum absolute atomic E-state index is 13.5. The second-order valence-corrected chi connectivity index (χ2v) is 9.45. The van der Waals surface area contributed by atoms with Crippen LogP contribution in [0.3, 0.4) is 0 Å². The summed E-state index contributed by atoms with van der Waals surface area (Å²) in [6.45, 7) is 5.32. The molecule has 5 nitrogen and oxygen atoms in total. The van der Waals surface area contributed by atoms with Crippen LogP contribution in [0.4, 0.5) is 8.78 Å². The highest BCUT2D eigenvalue weighted by Gasteiger charge is 2.24. The summed E-state index contributed by atoms with van der Waals surface area (Å²) >= 11 is 1.42. The van der Waals surface area contributed by atoms with Crippen LogP contribution in [0.15, 0.2) is 58.7 Å². The predicted octanol–water partition coefficient (Wildman–Crippen LogP) is 5.56. The largest absolute Gasteiger partial charge is 0.496 e. The number of carbonyl (C=O) groups excluding carboxylic acids is 1. The third kappa shape index (κ3) is 5.92. The van der Waals surface area contributed by atoms with Gasteiger partial charge in [-0.25, -0.2) is 4.39 Å². The van der Waals surface area contributed by atoms with E-state index in [2.05, 4.69) is 6.58 Å². The van der Waals surface area contributed by atoms with E-state index in [-0.39, 0.29) is 29.1 Å². The van der Waals surface area contributed by atoms with E-state index in [4.69, 9.17) is 16.2 Å². The average Bonchev–Trinajstić information content (AvgIpc) is 3.13. The molecule has 1 aliphatic rings. The number of hydrogen-bond donors (Lipinski definition) is 2. The van der Waals surface area contributed by atoms with Crippen molar-refractivity contribution in [1.29, 1.82) is 0 Å². The number of thioether (sulfide) groups is 1. The van der Waals surface area contributed by atoms with Crippen LogP contribution in [-0.2, 0) is 19.4 Å². The van der Waals surface area contributed by atoms with E-state index in [9.17, 15) is 18.4 Å². The van der Waals surface area contributed by atoms with Crippen molar-refractivity contribution in [3.63, 3.8) is 0 Å². The molecular weight excluding hydrogens is 494 g/mol. The number of benzene rings is 2. The Morgan fingerprint density at radius 2 is 1.84 bits per heavy atom. The lowest BCUT2D eigenvalue weighted by molar-refractivity contribution is 0.0834. The maximum atomic E-state index is 13.5. The quantitative estimate of drug-likeness (QED) is 0.335. The van der Waals surface area contributed by atoms with Gasteiger partial charge in [-0.05, 0) is 73.4 Å². The van der Waals surface area contributed by atoms with Gasteiger partial charge in [0.1, 0.15) is 11.6 Å². The average molecular weight is 525 g/mol. The van der Waals surface area contributed by atoms with Crippen LogP contribution in [0.2, 0.25) is 0 Å². The number of rotatable bonds is 5. The van der Waals surface area contributed by atoms with Crippen molar-refractivity contribution in [2.45, 2.75) is 37.6 Å². The molecule has 3 aromatic carbocycles. The molecule has 0 amide bonds. The van der Waals surface area contributed by atoms with Gasteiger partial charge in [0.25, 0.3) is 0 Å². The summed E-state index contributed by atoms with van der Waals surface area (Å²) in [5.41, 5.74) is 15.8. The number of nitrogens with two attached hydrogens (primary N) is 2. The zero-order valence-electron chi connectivity index (χ0n) is 21.1. The summed E-state index contributed by atoms with van der Waals surface area (Å²) in [6, 6.07) is 10.5. The first-order valence-corrected chi connectivity index (χ1v) is 12.9.